The summed E-state index contributed by atoms with van der Waals surface area (Å²) in [4.78, 5) is 14.2. The van der Waals surface area contributed by atoms with Gasteiger partial charge in [0, 0.05) is 19.6 Å². The van der Waals surface area contributed by atoms with Crippen LogP contribution in [-0.4, -0.2) is 43.0 Å². The van der Waals surface area contributed by atoms with Gasteiger partial charge in [-0.3, -0.25) is 4.79 Å². The Labute approximate surface area is 122 Å². The Balaban J connectivity index is 0.00000180. The van der Waals surface area contributed by atoms with Gasteiger partial charge in [0.25, 0.3) is 0 Å². The molecule has 2 aliphatic rings. The molecule has 0 aromatic carbocycles. The van der Waals surface area contributed by atoms with Crippen LogP contribution in [0, 0.1) is 5.92 Å². The molecule has 1 amide bonds. The van der Waals surface area contributed by atoms with Crippen LogP contribution in [0.2, 0.25) is 0 Å². The largest absolute Gasteiger partial charge is 0.340 e. The van der Waals surface area contributed by atoms with Gasteiger partial charge in [0.2, 0.25) is 5.91 Å². The summed E-state index contributed by atoms with van der Waals surface area (Å²) >= 11 is 0. The summed E-state index contributed by atoms with van der Waals surface area (Å²) in [5, 5.41) is 3.32. The Hall–Kier alpha value is -0.320. The lowest BCUT2D eigenvalue weighted by Gasteiger charge is -2.28. The number of nitrogens with one attached hydrogen (secondary N) is 1. The van der Waals surface area contributed by atoms with Crippen LogP contribution < -0.4 is 11.1 Å². The molecule has 0 aromatic heterocycles. The van der Waals surface area contributed by atoms with Crippen molar-refractivity contribution in [3.8, 4) is 0 Å². The van der Waals surface area contributed by atoms with Crippen molar-refractivity contribution in [3.63, 3.8) is 0 Å². The molecule has 2 rings (SSSR count). The van der Waals surface area contributed by atoms with Gasteiger partial charge in [-0.05, 0) is 25.3 Å². The zero-order valence-corrected chi connectivity index (χ0v) is 12.6. The molecule has 1 atom stereocenters. The van der Waals surface area contributed by atoms with Crippen LogP contribution in [-0.2, 0) is 4.79 Å². The van der Waals surface area contributed by atoms with E-state index in [1.165, 1.54) is 32.1 Å². The van der Waals surface area contributed by atoms with Gasteiger partial charge in [0.1, 0.15) is 0 Å². The fraction of sp³-hybridized carbons (Fsp3) is 0.929. The summed E-state index contributed by atoms with van der Waals surface area (Å²) in [6.45, 7) is 3.60. The lowest BCUT2D eigenvalue weighted by Crippen LogP contribution is -2.46. The number of halogens is 1. The smallest absolute Gasteiger partial charge is 0.239 e. The molecule has 1 aliphatic heterocycles. The van der Waals surface area contributed by atoms with Crippen molar-refractivity contribution in [1.29, 1.82) is 0 Å². The topological polar surface area (TPSA) is 58.4 Å². The first-order valence-corrected chi connectivity index (χ1v) is 7.52. The number of carbonyl (C=O) groups is 1. The summed E-state index contributed by atoms with van der Waals surface area (Å²) in [7, 11) is 0. The molecule has 0 radical (unpaired) electrons. The highest BCUT2D eigenvalue weighted by atomic mass is 35.5. The van der Waals surface area contributed by atoms with Gasteiger partial charge < -0.3 is 16.0 Å². The van der Waals surface area contributed by atoms with E-state index >= 15 is 0 Å². The fourth-order valence-corrected chi connectivity index (χ4v) is 3.18. The zero-order valence-electron chi connectivity index (χ0n) is 11.8. The molecule has 0 spiro atoms. The molecule has 4 nitrogen and oxygen atoms in total. The second-order valence-electron chi connectivity index (χ2n) is 5.78. The lowest BCUT2D eigenvalue weighted by molar-refractivity contribution is -0.132. The Morgan fingerprint density at radius 1 is 1.16 bits per heavy atom. The molecule has 1 saturated carbocycles. The Kier molecular flexibility index (Phi) is 7.73. The molecule has 1 saturated heterocycles. The van der Waals surface area contributed by atoms with E-state index in [1.807, 2.05) is 4.90 Å². The number of carbonyl (C=O) groups excluding carboxylic acids is 1. The average molecular weight is 290 g/mol. The number of nitrogens with zero attached hydrogens (tertiary/aromatic N) is 1. The van der Waals surface area contributed by atoms with Gasteiger partial charge in [-0.15, -0.1) is 12.4 Å². The van der Waals surface area contributed by atoms with Gasteiger partial charge in [-0.1, -0.05) is 32.1 Å². The van der Waals surface area contributed by atoms with Crippen LogP contribution in [0.1, 0.15) is 44.9 Å². The minimum Gasteiger partial charge on any atom is -0.340 e. The second-order valence-corrected chi connectivity index (χ2v) is 5.78. The fourth-order valence-electron chi connectivity index (χ4n) is 3.18. The van der Waals surface area contributed by atoms with E-state index in [4.69, 9.17) is 5.73 Å². The first kappa shape index (κ1) is 16.7. The van der Waals surface area contributed by atoms with Crippen molar-refractivity contribution in [2.45, 2.75) is 51.0 Å². The molecular weight excluding hydrogens is 262 g/mol. The highest BCUT2D eigenvalue weighted by Gasteiger charge is 2.25. The third-order valence-corrected chi connectivity index (χ3v) is 4.28. The summed E-state index contributed by atoms with van der Waals surface area (Å²) in [5.41, 5.74) is 6.12. The van der Waals surface area contributed by atoms with Crippen molar-refractivity contribution in [2.24, 2.45) is 11.7 Å². The van der Waals surface area contributed by atoms with Crippen LogP contribution in [0.25, 0.3) is 0 Å². The molecule has 112 valence electrons. The van der Waals surface area contributed by atoms with Gasteiger partial charge >= 0.3 is 0 Å². The first-order chi connectivity index (χ1) is 8.77. The van der Waals surface area contributed by atoms with Crippen LogP contribution in [0.4, 0.5) is 0 Å². The molecular formula is C14H28ClN3O. The minimum atomic E-state index is -0.272. The molecule has 2 fully saturated rings. The van der Waals surface area contributed by atoms with Gasteiger partial charge in [-0.2, -0.15) is 0 Å². The third kappa shape index (κ3) is 5.28. The highest BCUT2D eigenvalue weighted by molar-refractivity contribution is 5.85. The number of hydrogen-bond acceptors (Lipinski definition) is 3. The zero-order chi connectivity index (χ0) is 12.8. The maximum Gasteiger partial charge on any atom is 0.239 e. The highest BCUT2D eigenvalue weighted by Crippen LogP contribution is 2.27. The Morgan fingerprint density at radius 3 is 2.63 bits per heavy atom. The van der Waals surface area contributed by atoms with E-state index in [-0.39, 0.29) is 24.4 Å². The van der Waals surface area contributed by atoms with Crippen LogP contribution in [0.5, 0.6) is 0 Å². The number of amides is 1. The predicted octanol–water partition coefficient (Wildman–Crippen LogP) is 1.53. The van der Waals surface area contributed by atoms with Crippen molar-refractivity contribution < 1.29 is 4.79 Å². The SMILES string of the molecule is Cl.NC(CC1CCCCC1)C(=O)N1CCCNCC1. The van der Waals surface area contributed by atoms with Crippen LogP contribution in [0.15, 0.2) is 0 Å². The quantitative estimate of drug-likeness (QED) is 0.828. The van der Waals surface area contributed by atoms with E-state index in [2.05, 4.69) is 5.32 Å². The monoisotopic (exact) mass is 289 g/mol. The van der Waals surface area contributed by atoms with E-state index in [9.17, 15) is 4.79 Å². The van der Waals surface area contributed by atoms with E-state index in [1.54, 1.807) is 0 Å². The maximum atomic E-state index is 12.3. The van der Waals surface area contributed by atoms with Gasteiger partial charge in [0.05, 0.1) is 6.04 Å². The molecule has 3 N–H and O–H groups in total. The van der Waals surface area contributed by atoms with Crippen LogP contribution in [0.3, 0.4) is 0 Å². The van der Waals surface area contributed by atoms with Crippen molar-refractivity contribution in [1.82, 2.24) is 10.2 Å². The van der Waals surface area contributed by atoms with Gasteiger partial charge in [0.15, 0.2) is 0 Å². The minimum absolute atomic E-state index is 0. The molecule has 1 heterocycles. The number of rotatable bonds is 3. The normalized spacial score (nSPS) is 23.3. The van der Waals surface area contributed by atoms with E-state index in [0.29, 0.717) is 5.92 Å². The van der Waals surface area contributed by atoms with Crippen molar-refractivity contribution in [2.75, 3.05) is 26.2 Å². The molecule has 5 heteroatoms. The van der Waals surface area contributed by atoms with Crippen molar-refractivity contribution in [3.05, 3.63) is 0 Å². The van der Waals surface area contributed by atoms with Crippen molar-refractivity contribution >= 4 is 18.3 Å². The molecule has 19 heavy (non-hydrogen) atoms. The maximum absolute atomic E-state index is 12.3. The Morgan fingerprint density at radius 2 is 1.89 bits per heavy atom. The second kappa shape index (κ2) is 8.77. The molecule has 1 unspecified atom stereocenters. The lowest BCUT2D eigenvalue weighted by atomic mass is 9.85. The standard InChI is InChI=1S/C14H27N3O.ClH/c15-13(11-12-5-2-1-3-6-12)14(18)17-9-4-7-16-8-10-17;/h12-13,16H,1-11,15H2;1H. The Bertz CT molecular complexity index is 261. The summed E-state index contributed by atoms with van der Waals surface area (Å²) in [6.07, 6.45) is 8.46. The van der Waals surface area contributed by atoms with Gasteiger partial charge in [-0.25, -0.2) is 0 Å². The van der Waals surface area contributed by atoms with E-state index < -0.39 is 0 Å². The summed E-state index contributed by atoms with van der Waals surface area (Å²) in [6, 6.07) is -0.272. The summed E-state index contributed by atoms with van der Waals surface area (Å²) in [5.74, 6) is 0.854. The number of nitrogens with two attached hydrogens (primary N) is 1. The van der Waals surface area contributed by atoms with Crippen LogP contribution >= 0.6 is 12.4 Å². The molecule has 0 bridgehead atoms. The predicted molar refractivity (Wildman–Crippen MR) is 80.5 cm³/mol. The first-order valence-electron chi connectivity index (χ1n) is 7.52. The average Bonchev–Trinajstić information content (AvgIpc) is 2.68. The number of hydrogen-bond donors (Lipinski definition) is 2. The summed E-state index contributed by atoms with van der Waals surface area (Å²) < 4.78 is 0. The van der Waals surface area contributed by atoms with E-state index in [0.717, 1.165) is 39.0 Å². The molecule has 1 aliphatic carbocycles. The third-order valence-electron chi connectivity index (χ3n) is 4.28. The molecule has 0 aromatic rings.